The highest BCUT2D eigenvalue weighted by Crippen LogP contribution is 2.29. The summed E-state index contributed by atoms with van der Waals surface area (Å²) >= 11 is 0. The standard InChI is InChI=1S/C13H23NO3/c1-2-3-4-8-14-12(15)10-6-5-7-11(9-10)13(16)17/h10-11H,2-9H2,1H3,(H,14,15)(H,16,17). The lowest BCUT2D eigenvalue weighted by molar-refractivity contribution is -0.144. The van der Waals surface area contributed by atoms with Gasteiger partial charge in [0.15, 0.2) is 0 Å². The van der Waals surface area contributed by atoms with Crippen molar-refractivity contribution < 1.29 is 14.7 Å². The predicted octanol–water partition coefficient (Wildman–Crippen LogP) is 2.18. The van der Waals surface area contributed by atoms with Crippen LogP contribution in [0.2, 0.25) is 0 Å². The molecule has 0 radical (unpaired) electrons. The van der Waals surface area contributed by atoms with E-state index in [0.717, 1.165) is 45.1 Å². The second-order valence-electron chi connectivity index (χ2n) is 4.90. The Bertz CT molecular complexity index is 265. The molecule has 0 bridgehead atoms. The van der Waals surface area contributed by atoms with Gasteiger partial charge in [-0.2, -0.15) is 0 Å². The third-order valence-corrected chi connectivity index (χ3v) is 3.47. The summed E-state index contributed by atoms with van der Waals surface area (Å²) in [5.41, 5.74) is 0. The second-order valence-corrected chi connectivity index (χ2v) is 4.90. The van der Waals surface area contributed by atoms with Crippen molar-refractivity contribution in [2.75, 3.05) is 6.54 Å². The summed E-state index contributed by atoms with van der Waals surface area (Å²) in [5, 5.41) is 11.9. The Morgan fingerprint density at radius 1 is 1.24 bits per heavy atom. The summed E-state index contributed by atoms with van der Waals surface area (Å²) in [6.07, 6.45) is 6.19. The lowest BCUT2D eigenvalue weighted by Crippen LogP contribution is -2.35. The minimum atomic E-state index is -0.756. The van der Waals surface area contributed by atoms with Crippen molar-refractivity contribution in [1.29, 1.82) is 0 Å². The monoisotopic (exact) mass is 241 g/mol. The summed E-state index contributed by atoms with van der Waals surface area (Å²) in [6.45, 7) is 2.85. The number of carbonyl (C=O) groups excluding carboxylic acids is 1. The molecule has 2 atom stereocenters. The van der Waals surface area contributed by atoms with E-state index in [-0.39, 0.29) is 17.7 Å². The molecule has 0 aromatic heterocycles. The number of carboxylic acids is 1. The minimum absolute atomic E-state index is 0.0482. The van der Waals surface area contributed by atoms with Crippen LogP contribution in [0.15, 0.2) is 0 Å². The van der Waals surface area contributed by atoms with Gasteiger partial charge in [-0.1, -0.05) is 26.2 Å². The molecule has 1 rings (SSSR count). The maximum absolute atomic E-state index is 11.8. The van der Waals surface area contributed by atoms with Crippen molar-refractivity contribution in [3.63, 3.8) is 0 Å². The minimum Gasteiger partial charge on any atom is -0.481 e. The maximum atomic E-state index is 11.8. The van der Waals surface area contributed by atoms with Gasteiger partial charge in [-0.25, -0.2) is 0 Å². The number of carboxylic acid groups (broad SMARTS) is 1. The second kappa shape index (κ2) is 7.30. The van der Waals surface area contributed by atoms with E-state index in [2.05, 4.69) is 12.2 Å². The van der Waals surface area contributed by atoms with Crippen LogP contribution in [-0.4, -0.2) is 23.5 Å². The average molecular weight is 241 g/mol. The van der Waals surface area contributed by atoms with E-state index >= 15 is 0 Å². The Morgan fingerprint density at radius 2 is 1.94 bits per heavy atom. The molecule has 1 amide bonds. The molecule has 0 spiro atoms. The number of hydrogen-bond acceptors (Lipinski definition) is 2. The van der Waals surface area contributed by atoms with Gasteiger partial charge in [0.2, 0.25) is 5.91 Å². The van der Waals surface area contributed by atoms with Crippen LogP contribution in [0, 0.1) is 11.8 Å². The summed E-state index contributed by atoms with van der Waals surface area (Å²) in [7, 11) is 0. The summed E-state index contributed by atoms with van der Waals surface area (Å²) in [4.78, 5) is 22.7. The Hall–Kier alpha value is -1.06. The Kier molecular flexibility index (Phi) is 6.01. The maximum Gasteiger partial charge on any atom is 0.306 e. The molecule has 1 aliphatic rings. The van der Waals surface area contributed by atoms with Gasteiger partial charge in [0.05, 0.1) is 5.92 Å². The van der Waals surface area contributed by atoms with Crippen LogP contribution in [0.25, 0.3) is 0 Å². The van der Waals surface area contributed by atoms with E-state index in [1.165, 1.54) is 0 Å². The van der Waals surface area contributed by atoms with Crippen molar-refractivity contribution in [1.82, 2.24) is 5.32 Å². The van der Waals surface area contributed by atoms with Crippen LogP contribution in [0.4, 0.5) is 0 Å². The lowest BCUT2D eigenvalue weighted by Gasteiger charge is -2.25. The zero-order valence-corrected chi connectivity index (χ0v) is 10.6. The molecule has 17 heavy (non-hydrogen) atoms. The van der Waals surface area contributed by atoms with Crippen LogP contribution >= 0.6 is 0 Å². The molecule has 1 fully saturated rings. The summed E-state index contributed by atoms with van der Waals surface area (Å²) in [5.74, 6) is -1.12. The van der Waals surface area contributed by atoms with Crippen molar-refractivity contribution in [3.8, 4) is 0 Å². The third kappa shape index (κ3) is 4.75. The molecule has 0 aliphatic heterocycles. The van der Waals surface area contributed by atoms with Gasteiger partial charge < -0.3 is 10.4 Å². The predicted molar refractivity (Wildman–Crippen MR) is 65.6 cm³/mol. The van der Waals surface area contributed by atoms with E-state index in [1.807, 2.05) is 0 Å². The van der Waals surface area contributed by atoms with Gasteiger partial charge in [-0.05, 0) is 25.7 Å². The van der Waals surface area contributed by atoms with Gasteiger partial charge in [0, 0.05) is 12.5 Å². The number of unbranched alkanes of at least 4 members (excludes halogenated alkanes) is 2. The van der Waals surface area contributed by atoms with Gasteiger partial charge in [-0.15, -0.1) is 0 Å². The molecule has 0 aromatic carbocycles. The molecule has 2 N–H and O–H groups in total. The molecule has 98 valence electrons. The SMILES string of the molecule is CCCCCNC(=O)C1CCCC(C(=O)O)C1. The number of hydrogen-bond donors (Lipinski definition) is 2. The smallest absolute Gasteiger partial charge is 0.306 e. The normalized spacial score (nSPS) is 24.3. The molecular formula is C13H23NO3. The van der Waals surface area contributed by atoms with Crippen LogP contribution in [0.3, 0.4) is 0 Å². The van der Waals surface area contributed by atoms with E-state index in [1.54, 1.807) is 0 Å². The Balaban J connectivity index is 2.28. The van der Waals surface area contributed by atoms with Crippen molar-refractivity contribution >= 4 is 11.9 Å². The van der Waals surface area contributed by atoms with Gasteiger partial charge >= 0.3 is 5.97 Å². The largest absolute Gasteiger partial charge is 0.481 e. The number of rotatable bonds is 6. The fourth-order valence-electron chi connectivity index (χ4n) is 2.38. The molecule has 1 aliphatic carbocycles. The zero-order valence-electron chi connectivity index (χ0n) is 10.6. The zero-order chi connectivity index (χ0) is 12.7. The fraction of sp³-hybridized carbons (Fsp3) is 0.846. The molecule has 0 saturated heterocycles. The topological polar surface area (TPSA) is 66.4 Å². The van der Waals surface area contributed by atoms with E-state index in [4.69, 9.17) is 5.11 Å². The van der Waals surface area contributed by atoms with E-state index in [0.29, 0.717) is 6.42 Å². The number of nitrogens with one attached hydrogen (secondary N) is 1. The molecule has 2 unspecified atom stereocenters. The molecule has 1 saturated carbocycles. The van der Waals surface area contributed by atoms with Gasteiger partial charge in [-0.3, -0.25) is 9.59 Å². The van der Waals surface area contributed by atoms with Crippen molar-refractivity contribution in [3.05, 3.63) is 0 Å². The Labute approximate surface area is 103 Å². The first-order valence-corrected chi connectivity index (χ1v) is 6.65. The average Bonchev–Trinajstić information content (AvgIpc) is 2.34. The highest BCUT2D eigenvalue weighted by Gasteiger charge is 2.30. The van der Waals surface area contributed by atoms with Crippen LogP contribution < -0.4 is 5.32 Å². The summed E-state index contributed by atoms with van der Waals surface area (Å²) < 4.78 is 0. The van der Waals surface area contributed by atoms with E-state index < -0.39 is 5.97 Å². The Morgan fingerprint density at radius 3 is 2.59 bits per heavy atom. The first-order valence-electron chi connectivity index (χ1n) is 6.65. The number of aliphatic carboxylic acids is 1. The quantitative estimate of drug-likeness (QED) is 0.700. The van der Waals surface area contributed by atoms with Gasteiger partial charge in [0.25, 0.3) is 0 Å². The van der Waals surface area contributed by atoms with Crippen molar-refractivity contribution in [2.24, 2.45) is 11.8 Å². The first-order chi connectivity index (χ1) is 8.15. The fourth-order valence-corrected chi connectivity index (χ4v) is 2.38. The third-order valence-electron chi connectivity index (χ3n) is 3.47. The highest BCUT2D eigenvalue weighted by atomic mass is 16.4. The molecule has 0 aromatic rings. The van der Waals surface area contributed by atoms with Crippen LogP contribution in [0.5, 0.6) is 0 Å². The van der Waals surface area contributed by atoms with Crippen molar-refractivity contribution in [2.45, 2.75) is 51.9 Å². The van der Waals surface area contributed by atoms with E-state index in [9.17, 15) is 9.59 Å². The summed E-state index contributed by atoms with van der Waals surface area (Å²) in [6, 6.07) is 0. The lowest BCUT2D eigenvalue weighted by atomic mass is 9.81. The number of amides is 1. The highest BCUT2D eigenvalue weighted by molar-refractivity contribution is 5.80. The van der Waals surface area contributed by atoms with Gasteiger partial charge in [0.1, 0.15) is 0 Å². The molecule has 4 nitrogen and oxygen atoms in total. The van der Waals surface area contributed by atoms with Crippen LogP contribution in [0.1, 0.15) is 51.9 Å². The molecular weight excluding hydrogens is 218 g/mol. The first kappa shape index (κ1) is 14.0. The molecule has 4 heteroatoms. The van der Waals surface area contributed by atoms with Crippen LogP contribution in [-0.2, 0) is 9.59 Å². The number of carbonyl (C=O) groups is 2. The molecule has 0 heterocycles.